The predicted molar refractivity (Wildman–Crippen MR) is 112 cm³/mol. The molecular formula is C19H21ClN2OS2. The molecule has 6 heteroatoms. The lowest BCUT2D eigenvalue weighted by molar-refractivity contribution is 0.0985. The second-order valence-electron chi connectivity index (χ2n) is 6.10. The van der Waals surface area contributed by atoms with E-state index in [9.17, 15) is 4.79 Å². The van der Waals surface area contributed by atoms with Gasteiger partial charge in [-0.2, -0.15) is 0 Å². The Kier molecular flexibility index (Phi) is 5.87. The first kappa shape index (κ1) is 18.5. The predicted octanol–water partition coefficient (Wildman–Crippen LogP) is 4.76. The van der Waals surface area contributed by atoms with Crippen LogP contribution in [0, 0.1) is 0 Å². The number of nitrogen functional groups attached to an aromatic ring is 1. The molecule has 2 aliphatic rings. The molecule has 2 aliphatic heterocycles. The molecule has 0 atom stereocenters. The molecular weight excluding hydrogens is 372 g/mol. The fourth-order valence-corrected chi connectivity index (χ4v) is 6.21. The van der Waals surface area contributed by atoms with Gasteiger partial charge in [-0.15, -0.1) is 35.9 Å². The monoisotopic (exact) mass is 392 g/mol. The van der Waals surface area contributed by atoms with E-state index in [4.69, 9.17) is 5.73 Å². The highest BCUT2D eigenvalue weighted by atomic mass is 35.5. The largest absolute Gasteiger partial charge is 0.398 e. The van der Waals surface area contributed by atoms with Crippen molar-refractivity contribution >= 4 is 53.2 Å². The van der Waals surface area contributed by atoms with Crippen LogP contribution < -0.4 is 10.6 Å². The van der Waals surface area contributed by atoms with E-state index in [-0.39, 0.29) is 18.3 Å². The number of hydrogen-bond donors (Lipinski definition) is 1. The van der Waals surface area contributed by atoms with E-state index < -0.39 is 0 Å². The molecule has 2 aromatic carbocycles. The van der Waals surface area contributed by atoms with Gasteiger partial charge in [0.15, 0.2) is 0 Å². The zero-order chi connectivity index (χ0) is 16.5. The van der Waals surface area contributed by atoms with Crippen LogP contribution in [0.2, 0.25) is 0 Å². The van der Waals surface area contributed by atoms with Crippen LogP contribution in [0.4, 0.5) is 11.4 Å². The summed E-state index contributed by atoms with van der Waals surface area (Å²) in [7, 11) is 0. The highest BCUT2D eigenvalue weighted by Crippen LogP contribution is 2.45. The van der Waals surface area contributed by atoms with E-state index in [0.29, 0.717) is 4.58 Å². The Morgan fingerprint density at radius 1 is 1.08 bits per heavy atom. The number of nitrogens with two attached hydrogens (primary N) is 1. The first-order chi connectivity index (χ1) is 11.7. The highest BCUT2D eigenvalue weighted by Gasteiger charge is 2.25. The number of carbonyl (C=O) groups is 1. The molecule has 3 nitrogen and oxygen atoms in total. The molecule has 2 aromatic rings. The van der Waals surface area contributed by atoms with Crippen molar-refractivity contribution in [1.29, 1.82) is 0 Å². The lowest BCUT2D eigenvalue weighted by Gasteiger charge is -2.30. The second kappa shape index (κ2) is 7.94. The van der Waals surface area contributed by atoms with Crippen LogP contribution in [0.15, 0.2) is 42.5 Å². The van der Waals surface area contributed by atoms with Gasteiger partial charge in [0.1, 0.15) is 0 Å². The quantitative estimate of drug-likeness (QED) is 0.748. The Morgan fingerprint density at radius 3 is 2.52 bits per heavy atom. The van der Waals surface area contributed by atoms with Gasteiger partial charge in [0.25, 0.3) is 5.91 Å². The van der Waals surface area contributed by atoms with E-state index in [1.807, 2.05) is 58.8 Å². The maximum atomic E-state index is 13.0. The molecule has 132 valence electrons. The minimum Gasteiger partial charge on any atom is -0.398 e. The number of hydrogen-bond acceptors (Lipinski definition) is 4. The maximum Gasteiger partial charge on any atom is 0.258 e. The molecule has 1 fully saturated rings. The van der Waals surface area contributed by atoms with Crippen molar-refractivity contribution in [2.75, 3.05) is 28.7 Å². The number of anilines is 2. The van der Waals surface area contributed by atoms with Crippen molar-refractivity contribution in [2.24, 2.45) is 0 Å². The van der Waals surface area contributed by atoms with Crippen molar-refractivity contribution in [3.63, 3.8) is 0 Å². The van der Waals surface area contributed by atoms with Gasteiger partial charge in [0.05, 0.1) is 4.58 Å². The molecule has 1 saturated heterocycles. The Bertz CT molecular complexity index is 761. The summed E-state index contributed by atoms with van der Waals surface area (Å²) in [6.45, 7) is 0.755. The zero-order valence-corrected chi connectivity index (χ0v) is 16.3. The molecule has 0 spiro atoms. The molecule has 4 rings (SSSR count). The summed E-state index contributed by atoms with van der Waals surface area (Å²) < 4.78 is 0.518. The summed E-state index contributed by atoms with van der Waals surface area (Å²) in [5.74, 6) is 2.49. The Hall–Kier alpha value is -1.30. The van der Waals surface area contributed by atoms with Crippen LogP contribution >= 0.6 is 35.9 Å². The van der Waals surface area contributed by atoms with Gasteiger partial charge in [-0.05, 0) is 48.2 Å². The molecule has 2 heterocycles. The van der Waals surface area contributed by atoms with Gasteiger partial charge in [0, 0.05) is 35.0 Å². The molecule has 0 aliphatic carbocycles. The number of halogens is 1. The third-order valence-electron chi connectivity index (χ3n) is 4.58. The first-order valence-corrected chi connectivity index (χ1v) is 10.4. The van der Waals surface area contributed by atoms with Gasteiger partial charge < -0.3 is 10.6 Å². The molecule has 0 aromatic heterocycles. The molecule has 25 heavy (non-hydrogen) atoms. The van der Waals surface area contributed by atoms with Crippen LogP contribution in [-0.2, 0) is 6.42 Å². The average Bonchev–Trinajstić information content (AvgIpc) is 3.16. The summed E-state index contributed by atoms with van der Waals surface area (Å²) >= 11 is 3.97. The van der Waals surface area contributed by atoms with Crippen LogP contribution in [-0.4, -0.2) is 24.0 Å². The Morgan fingerprint density at radius 2 is 1.80 bits per heavy atom. The topological polar surface area (TPSA) is 46.3 Å². The standard InChI is InChI=1S/C19H20N2OS2.ClH/c20-16-4-1-5-17-15(16)3-2-10-21(17)18(22)13-6-8-14(9-7-13)19-23-11-12-24-19;/h1,4-9,19H,2-3,10-12,20H2;1H. The Labute approximate surface area is 163 Å². The number of fused-ring (bicyclic) bond motifs is 1. The molecule has 0 saturated carbocycles. The second-order valence-corrected chi connectivity index (χ2v) is 8.83. The maximum absolute atomic E-state index is 13.0. The molecule has 0 bridgehead atoms. The third-order valence-corrected chi connectivity index (χ3v) is 7.69. The van der Waals surface area contributed by atoms with Crippen LogP contribution in [0.5, 0.6) is 0 Å². The lowest BCUT2D eigenvalue weighted by atomic mass is 9.99. The normalized spacial score (nSPS) is 17.0. The van der Waals surface area contributed by atoms with Crippen LogP contribution in [0.25, 0.3) is 0 Å². The van der Waals surface area contributed by atoms with Gasteiger partial charge >= 0.3 is 0 Å². The summed E-state index contributed by atoms with van der Waals surface area (Å²) in [5, 5.41) is 0. The minimum atomic E-state index is 0. The van der Waals surface area contributed by atoms with E-state index in [2.05, 4.69) is 12.1 Å². The highest BCUT2D eigenvalue weighted by molar-refractivity contribution is 8.19. The van der Waals surface area contributed by atoms with Gasteiger partial charge in [-0.1, -0.05) is 18.2 Å². The molecule has 1 amide bonds. The summed E-state index contributed by atoms with van der Waals surface area (Å²) in [6.07, 6.45) is 1.90. The smallest absolute Gasteiger partial charge is 0.258 e. The summed E-state index contributed by atoms with van der Waals surface area (Å²) in [5.41, 5.74) is 11.0. The van der Waals surface area contributed by atoms with Crippen LogP contribution in [0.3, 0.4) is 0 Å². The van der Waals surface area contributed by atoms with Crippen molar-refractivity contribution in [3.05, 3.63) is 59.2 Å². The SMILES string of the molecule is Cl.Nc1cccc2c1CCCN2C(=O)c1ccc(C2SCCS2)cc1. The average molecular weight is 393 g/mol. The van der Waals surface area contributed by atoms with Crippen molar-refractivity contribution in [3.8, 4) is 0 Å². The van der Waals surface area contributed by atoms with E-state index >= 15 is 0 Å². The number of nitrogens with zero attached hydrogens (tertiary/aromatic N) is 1. The number of carbonyl (C=O) groups excluding carboxylic acids is 1. The molecule has 2 N–H and O–H groups in total. The van der Waals surface area contributed by atoms with Crippen LogP contribution in [0.1, 0.15) is 32.5 Å². The Balaban J connectivity index is 0.00000182. The molecule has 0 radical (unpaired) electrons. The minimum absolute atomic E-state index is 0. The lowest BCUT2D eigenvalue weighted by Crippen LogP contribution is -2.35. The fourth-order valence-electron chi connectivity index (χ4n) is 3.35. The zero-order valence-electron chi connectivity index (χ0n) is 13.8. The van der Waals surface area contributed by atoms with Gasteiger partial charge in [-0.25, -0.2) is 0 Å². The summed E-state index contributed by atoms with van der Waals surface area (Å²) in [6, 6.07) is 14.0. The number of rotatable bonds is 2. The van der Waals surface area contributed by atoms with Crippen molar-refractivity contribution < 1.29 is 4.79 Å². The van der Waals surface area contributed by atoms with E-state index in [1.54, 1.807) is 0 Å². The molecule has 0 unspecified atom stereocenters. The van der Waals surface area contributed by atoms with Gasteiger partial charge in [-0.3, -0.25) is 4.79 Å². The van der Waals surface area contributed by atoms with E-state index in [0.717, 1.165) is 41.9 Å². The van der Waals surface area contributed by atoms with Crippen molar-refractivity contribution in [1.82, 2.24) is 0 Å². The number of amides is 1. The first-order valence-electron chi connectivity index (χ1n) is 8.26. The van der Waals surface area contributed by atoms with E-state index in [1.165, 1.54) is 17.1 Å². The fraction of sp³-hybridized carbons (Fsp3) is 0.316. The third kappa shape index (κ3) is 3.64. The number of thioether (sulfide) groups is 2. The van der Waals surface area contributed by atoms with Crippen molar-refractivity contribution in [2.45, 2.75) is 17.4 Å². The summed E-state index contributed by atoms with van der Waals surface area (Å²) in [4.78, 5) is 14.9. The number of benzene rings is 2. The van der Waals surface area contributed by atoms with Gasteiger partial charge in [0.2, 0.25) is 0 Å².